The van der Waals surface area contributed by atoms with E-state index in [-0.39, 0.29) is 5.91 Å². The van der Waals surface area contributed by atoms with Crippen molar-refractivity contribution in [3.63, 3.8) is 0 Å². The number of nitrogens with one attached hydrogen (secondary N) is 2. The van der Waals surface area contributed by atoms with Gasteiger partial charge in [-0.05, 0) is 64.5 Å². The molecular formula is C28H23ClN8O3. The van der Waals surface area contributed by atoms with E-state index in [4.69, 9.17) is 16.1 Å². The highest BCUT2D eigenvalue weighted by atomic mass is 35.5. The fourth-order valence-corrected chi connectivity index (χ4v) is 4.11. The molecule has 200 valence electrons. The molecule has 2 aromatic heterocycles. The molecule has 0 saturated heterocycles. The van der Waals surface area contributed by atoms with Crippen molar-refractivity contribution < 1.29 is 14.1 Å². The molecule has 0 spiro atoms. The molecule has 0 aliphatic carbocycles. The lowest BCUT2D eigenvalue weighted by Crippen LogP contribution is -2.44. The quantitative estimate of drug-likeness (QED) is 0.260. The molecule has 40 heavy (non-hydrogen) atoms. The summed E-state index contributed by atoms with van der Waals surface area (Å²) in [7, 11) is 0. The average Bonchev–Trinajstić information content (AvgIpc) is 3.65. The maximum absolute atomic E-state index is 13.3. The van der Waals surface area contributed by atoms with Crippen molar-refractivity contribution in [1.82, 2.24) is 35.7 Å². The summed E-state index contributed by atoms with van der Waals surface area (Å²) in [6.45, 7) is 1.71. The maximum atomic E-state index is 13.3. The number of carbonyl (C=O) groups is 2. The first-order valence-corrected chi connectivity index (χ1v) is 12.6. The number of tetrazole rings is 1. The minimum atomic E-state index is -0.850. The van der Waals surface area contributed by atoms with Gasteiger partial charge in [-0.1, -0.05) is 47.1 Å². The SMILES string of the molecule is Cc1nc(-c2ccc(NC(=O)C(Cc3ccccc3)NC(=O)/C=C/c3cc(Cl)ccc3-n3cnnn3)cc2)no1. The third kappa shape index (κ3) is 6.63. The van der Waals surface area contributed by atoms with Crippen LogP contribution in [0.25, 0.3) is 23.2 Å². The number of rotatable bonds is 9. The minimum absolute atomic E-state index is 0.291. The van der Waals surface area contributed by atoms with Crippen molar-refractivity contribution >= 4 is 35.2 Å². The van der Waals surface area contributed by atoms with Crippen molar-refractivity contribution in [1.29, 1.82) is 0 Å². The molecule has 12 heteroatoms. The zero-order valence-corrected chi connectivity index (χ0v) is 22.0. The molecule has 2 amide bonds. The van der Waals surface area contributed by atoms with Gasteiger partial charge in [-0.25, -0.2) is 0 Å². The number of nitrogens with zero attached hydrogens (tertiary/aromatic N) is 6. The molecule has 1 atom stereocenters. The van der Waals surface area contributed by atoms with E-state index < -0.39 is 11.9 Å². The van der Waals surface area contributed by atoms with E-state index in [0.29, 0.717) is 40.1 Å². The summed E-state index contributed by atoms with van der Waals surface area (Å²) < 4.78 is 6.49. The zero-order valence-electron chi connectivity index (χ0n) is 21.2. The van der Waals surface area contributed by atoms with Gasteiger partial charge in [-0.3, -0.25) is 9.59 Å². The first-order valence-electron chi connectivity index (χ1n) is 12.2. The number of anilines is 1. The van der Waals surface area contributed by atoms with E-state index in [0.717, 1.165) is 11.1 Å². The summed E-state index contributed by atoms with van der Waals surface area (Å²) in [6.07, 6.45) is 4.66. The third-order valence-corrected chi connectivity index (χ3v) is 6.09. The van der Waals surface area contributed by atoms with Gasteiger partial charge in [0, 0.05) is 41.3 Å². The fourth-order valence-electron chi connectivity index (χ4n) is 3.93. The van der Waals surface area contributed by atoms with Crippen LogP contribution in [0, 0.1) is 6.92 Å². The van der Waals surface area contributed by atoms with Gasteiger partial charge in [0.2, 0.25) is 23.5 Å². The highest BCUT2D eigenvalue weighted by Crippen LogP contribution is 2.21. The van der Waals surface area contributed by atoms with Crippen LogP contribution in [0.2, 0.25) is 5.02 Å². The molecular weight excluding hydrogens is 532 g/mol. The van der Waals surface area contributed by atoms with E-state index in [2.05, 4.69) is 36.3 Å². The normalized spacial score (nSPS) is 11.8. The molecule has 3 aromatic carbocycles. The van der Waals surface area contributed by atoms with E-state index >= 15 is 0 Å². The number of halogens is 1. The Kier molecular flexibility index (Phi) is 8.02. The molecule has 0 bridgehead atoms. The minimum Gasteiger partial charge on any atom is -0.340 e. The van der Waals surface area contributed by atoms with Gasteiger partial charge >= 0.3 is 0 Å². The number of carbonyl (C=O) groups excluding carboxylic acids is 2. The van der Waals surface area contributed by atoms with Gasteiger partial charge in [0.05, 0.1) is 5.69 Å². The van der Waals surface area contributed by atoms with E-state index in [1.807, 2.05) is 30.3 Å². The second-order valence-electron chi connectivity index (χ2n) is 8.75. The van der Waals surface area contributed by atoms with Crippen LogP contribution in [0.5, 0.6) is 0 Å². The molecule has 0 saturated carbocycles. The molecule has 0 aliphatic rings. The lowest BCUT2D eigenvalue weighted by atomic mass is 10.0. The molecule has 0 aliphatic heterocycles. The smallest absolute Gasteiger partial charge is 0.247 e. The number of hydrogen-bond acceptors (Lipinski definition) is 8. The first-order chi connectivity index (χ1) is 19.4. The van der Waals surface area contributed by atoms with Gasteiger partial charge in [0.1, 0.15) is 12.4 Å². The maximum Gasteiger partial charge on any atom is 0.247 e. The Hall–Kier alpha value is -5.16. The van der Waals surface area contributed by atoms with Crippen LogP contribution in [-0.2, 0) is 16.0 Å². The van der Waals surface area contributed by atoms with Crippen molar-refractivity contribution in [2.75, 3.05) is 5.32 Å². The van der Waals surface area contributed by atoms with E-state index in [1.54, 1.807) is 55.5 Å². The molecule has 0 radical (unpaired) electrons. The van der Waals surface area contributed by atoms with Gasteiger partial charge in [0.25, 0.3) is 0 Å². The molecule has 5 aromatic rings. The van der Waals surface area contributed by atoms with Crippen molar-refractivity contribution in [3.05, 3.63) is 107 Å². The Morgan fingerprint density at radius 2 is 1.88 bits per heavy atom. The van der Waals surface area contributed by atoms with Crippen LogP contribution in [0.4, 0.5) is 5.69 Å². The second-order valence-corrected chi connectivity index (χ2v) is 9.18. The molecule has 11 nitrogen and oxygen atoms in total. The fraction of sp³-hybridized carbons (Fsp3) is 0.107. The van der Waals surface area contributed by atoms with Crippen LogP contribution in [0.3, 0.4) is 0 Å². The standard InChI is InChI=1S/C28H23ClN8O3/c1-18-31-27(34-40-18)20-7-11-23(12-8-20)32-28(39)24(15-19-5-3-2-4-6-19)33-26(38)14-9-21-16-22(29)10-13-25(21)37-17-30-35-36-37/h2-14,16-17,24H,15H2,1H3,(H,32,39)(H,33,38)/b14-9+. The molecule has 2 heterocycles. The Balaban J connectivity index is 1.31. The highest BCUT2D eigenvalue weighted by Gasteiger charge is 2.21. The molecule has 0 fully saturated rings. The number of benzene rings is 3. The Morgan fingerprint density at radius 3 is 2.58 bits per heavy atom. The van der Waals surface area contributed by atoms with E-state index in [9.17, 15) is 9.59 Å². The van der Waals surface area contributed by atoms with Crippen LogP contribution < -0.4 is 10.6 Å². The monoisotopic (exact) mass is 554 g/mol. The number of amides is 2. The van der Waals surface area contributed by atoms with Crippen LogP contribution in [0.1, 0.15) is 17.0 Å². The number of aryl methyl sites for hydroxylation is 1. The van der Waals surface area contributed by atoms with Gasteiger partial charge in [-0.2, -0.15) is 9.67 Å². The lowest BCUT2D eigenvalue weighted by Gasteiger charge is -2.18. The topological polar surface area (TPSA) is 141 Å². The molecule has 5 rings (SSSR count). The second kappa shape index (κ2) is 12.1. The molecule has 2 N–H and O–H groups in total. The highest BCUT2D eigenvalue weighted by molar-refractivity contribution is 6.30. The number of hydrogen-bond donors (Lipinski definition) is 2. The van der Waals surface area contributed by atoms with Crippen LogP contribution in [0.15, 0.2) is 89.7 Å². The van der Waals surface area contributed by atoms with Crippen LogP contribution in [-0.4, -0.2) is 48.2 Å². The van der Waals surface area contributed by atoms with Crippen molar-refractivity contribution in [2.24, 2.45) is 0 Å². The van der Waals surface area contributed by atoms with E-state index in [1.165, 1.54) is 17.1 Å². The Bertz CT molecular complexity index is 1630. The summed E-state index contributed by atoms with van der Waals surface area (Å²) in [5, 5.41) is 21.3. The summed E-state index contributed by atoms with van der Waals surface area (Å²) >= 11 is 6.17. The van der Waals surface area contributed by atoms with Crippen molar-refractivity contribution in [3.8, 4) is 17.1 Å². The number of aromatic nitrogens is 6. The predicted octanol–water partition coefficient (Wildman–Crippen LogP) is 4.05. The van der Waals surface area contributed by atoms with Gasteiger partial charge in [-0.15, -0.1) is 5.10 Å². The van der Waals surface area contributed by atoms with Crippen molar-refractivity contribution in [2.45, 2.75) is 19.4 Å². The Labute approximate surface area is 233 Å². The predicted molar refractivity (Wildman–Crippen MR) is 148 cm³/mol. The van der Waals surface area contributed by atoms with Gasteiger partial charge < -0.3 is 15.2 Å². The molecule has 1 unspecified atom stereocenters. The third-order valence-electron chi connectivity index (χ3n) is 5.85. The average molecular weight is 555 g/mol. The largest absolute Gasteiger partial charge is 0.340 e. The Morgan fingerprint density at radius 1 is 1.07 bits per heavy atom. The lowest BCUT2D eigenvalue weighted by molar-refractivity contribution is -0.123. The summed E-state index contributed by atoms with van der Waals surface area (Å²) in [4.78, 5) is 30.5. The van der Waals surface area contributed by atoms with Gasteiger partial charge in [0.15, 0.2) is 0 Å². The summed E-state index contributed by atoms with van der Waals surface area (Å²) in [6, 6.07) is 20.8. The van der Waals surface area contributed by atoms with Crippen LogP contribution >= 0.6 is 11.6 Å². The summed E-state index contributed by atoms with van der Waals surface area (Å²) in [5.41, 5.74) is 3.45. The summed E-state index contributed by atoms with van der Waals surface area (Å²) in [5.74, 6) is 0.0923. The first kappa shape index (κ1) is 26.4. The zero-order chi connectivity index (χ0) is 27.9.